The van der Waals surface area contributed by atoms with Crippen LogP contribution in [0.3, 0.4) is 0 Å². The van der Waals surface area contributed by atoms with Crippen LogP contribution in [0.4, 0.5) is 4.79 Å². The third-order valence-electron chi connectivity index (χ3n) is 6.90. The first-order valence-electron chi connectivity index (χ1n) is 11.6. The maximum absolute atomic E-state index is 12.6. The first-order chi connectivity index (χ1) is 16.3. The lowest BCUT2D eigenvalue weighted by atomic mass is 9.84. The second kappa shape index (κ2) is 9.85. The lowest BCUT2D eigenvalue weighted by molar-refractivity contribution is -0.149. The van der Waals surface area contributed by atoms with E-state index in [0.717, 1.165) is 28.7 Å². The summed E-state index contributed by atoms with van der Waals surface area (Å²) >= 11 is 0. The van der Waals surface area contributed by atoms with E-state index >= 15 is 0 Å². The van der Waals surface area contributed by atoms with Crippen LogP contribution in [0.5, 0.6) is 0 Å². The lowest BCUT2D eigenvalue weighted by Gasteiger charge is -2.31. The molecule has 4 N–H and O–H groups in total. The number of nitrogens with one attached hydrogen (secondary N) is 2. The average Bonchev–Trinajstić information content (AvgIpc) is 3.16. The number of ether oxygens (including phenoxy) is 1. The molecule has 8 nitrogen and oxygen atoms in total. The Morgan fingerprint density at radius 2 is 1.65 bits per heavy atom. The number of amides is 2. The van der Waals surface area contributed by atoms with Gasteiger partial charge in [-0.1, -0.05) is 55.0 Å². The molecule has 2 aliphatic rings. The van der Waals surface area contributed by atoms with Crippen molar-refractivity contribution in [1.29, 1.82) is 0 Å². The second-order valence-corrected chi connectivity index (χ2v) is 9.31. The van der Waals surface area contributed by atoms with Crippen LogP contribution in [-0.4, -0.2) is 53.0 Å². The summed E-state index contributed by atoms with van der Waals surface area (Å²) in [5.74, 6) is -2.21. The highest BCUT2D eigenvalue weighted by atomic mass is 16.5. The summed E-state index contributed by atoms with van der Waals surface area (Å²) in [7, 11) is 0. The van der Waals surface area contributed by atoms with Gasteiger partial charge < -0.3 is 25.6 Å². The van der Waals surface area contributed by atoms with E-state index in [1.165, 1.54) is 6.92 Å². The molecule has 4 rings (SSSR count). The molecule has 0 radical (unpaired) electrons. The van der Waals surface area contributed by atoms with Crippen molar-refractivity contribution < 1.29 is 29.3 Å². The number of fused-ring (bicyclic) bond motifs is 3. The van der Waals surface area contributed by atoms with Crippen LogP contribution in [0.25, 0.3) is 11.1 Å². The van der Waals surface area contributed by atoms with E-state index in [1.54, 1.807) is 0 Å². The van der Waals surface area contributed by atoms with E-state index in [4.69, 9.17) is 4.74 Å². The van der Waals surface area contributed by atoms with Gasteiger partial charge in [0.25, 0.3) is 0 Å². The number of carbonyl (C=O) groups is 3. The Bertz CT molecular complexity index is 1040. The highest BCUT2D eigenvalue weighted by Gasteiger charge is 2.38. The molecule has 2 amide bonds. The van der Waals surface area contributed by atoms with Crippen LogP contribution in [-0.2, 0) is 14.3 Å². The minimum atomic E-state index is -1.73. The number of hydrogen-bond acceptors (Lipinski definition) is 5. The summed E-state index contributed by atoms with van der Waals surface area (Å²) in [6, 6.07) is 16.0. The number of carbonyl (C=O) groups excluding carboxylic acids is 2. The molecule has 2 aliphatic carbocycles. The summed E-state index contributed by atoms with van der Waals surface area (Å²) in [5, 5.41) is 24.0. The predicted octanol–water partition coefficient (Wildman–Crippen LogP) is 3.04. The van der Waals surface area contributed by atoms with Gasteiger partial charge in [-0.3, -0.25) is 4.79 Å². The van der Waals surface area contributed by atoms with Crippen molar-refractivity contribution in [2.45, 2.75) is 50.1 Å². The smallest absolute Gasteiger partial charge is 0.407 e. The predicted molar refractivity (Wildman–Crippen MR) is 125 cm³/mol. The molecule has 180 valence electrons. The minimum absolute atomic E-state index is 0.0322. The van der Waals surface area contributed by atoms with Crippen LogP contribution in [0.2, 0.25) is 0 Å². The fourth-order valence-electron chi connectivity index (χ4n) is 4.90. The quantitative estimate of drug-likeness (QED) is 0.497. The minimum Gasteiger partial charge on any atom is -0.479 e. The van der Waals surface area contributed by atoms with Crippen molar-refractivity contribution in [2.24, 2.45) is 5.92 Å². The van der Waals surface area contributed by atoms with Gasteiger partial charge in [-0.2, -0.15) is 0 Å². The highest BCUT2D eigenvalue weighted by molar-refractivity contribution is 5.88. The SMILES string of the molecule is CC(CO)(NC(=O)[C@@H]1CCC[C@@H](NC(=O)OCC2c3ccccc3-c3ccccc32)C1)C(=O)O. The topological polar surface area (TPSA) is 125 Å². The zero-order chi connectivity index (χ0) is 24.3. The number of alkyl carbamates (subject to hydrolysis) is 1. The summed E-state index contributed by atoms with van der Waals surface area (Å²) < 4.78 is 5.61. The number of benzene rings is 2. The third kappa shape index (κ3) is 4.77. The van der Waals surface area contributed by atoms with E-state index in [-0.39, 0.29) is 18.6 Å². The van der Waals surface area contributed by atoms with E-state index in [1.807, 2.05) is 24.3 Å². The number of aliphatic hydroxyl groups excluding tert-OH is 1. The Morgan fingerprint density at radius 3 is 2.24 bits per heavy atom. The molecule has 2 aromatic rings. The zero-order valence-electron chi connectivity index (χ0n) is 19.1. The molecule has 0 heterocycles. The molecule has 8 heteroatoms. The molecule has 0 saturated heterocycles. The monoisotopic (exact) mass is 466 g/mol. The molecule has 0 spiro atoms. The van der Waals surface area contributed by atoms with Crippen molar-refractivity contribution in [1.82, 2.24) is 10.6 Å². The molecular weight excluding hydrogens is 436 g/mol. The highest BCUT2D eigenvalue weighted by Crippen LogP contribution is 2.44. The van der Waals surface area contributed by atoms with Crippen molar-refractivity contribution in [2.75, 3.05) is 13.2 Å². The summed E-state index contributed by atoms with van der Waals surface area (Å²) in [5.41, 5.74) is 2.85. The second-order valence-electron chi connectivity index (χ2n) is 9.31. The fraction of sp³-hybridized carbons (Fsp3) is 0.423. The van der Waals surface area contributed by atoms with Crippen molar-refractivity contribution in [3.05, 3.63) is 59.7 Å². The van der Waals surface area contributed by atoms with Gasteiger partial charge in [0.2, 0.25) is 5.91 Å². The molecule has 3 atom stereocenters. The van der Waals surface area contributed by atoms with Gasteiger partial charge in [-0.25, -0.2) is 9.59 Å². The van der Waals surface area contributed by atoms with Gasteiger partial charge in [0.05, 0.1) is 6.61 Å². The number of carboxylic acids is 1. The maximum atomic E-state index is 12.6. The normalized spacial score (nSPS) is 21.0. The molecule has 0 aromatic heterocycles. The van der Waals surface area contributed by atoms with Gasteiger partial charge in [0.1, 0.15) is 6.61 Å². The molecule has 0 bridgehead atoms. The first kappa shape index (κ1) is 23.8. The van der Waals surface area contributed by atoms with E-state index < -0.39 is 36.0 Å². The van der Waals surface area contributed by atoms with Gasteiger partial charge in [-0.05, 0) is 48.4 Å². The largest absolute Gasteiger partial charge is 0.479 e. The summed E-state index contributed by atoms with van der Waals surface area (Å²) in [4.78, 5) is 36.6. The van der Waals surface area contributed by atoms with Crippen LogP contribution < -0.4 is 10.6 Å². The number of aliphatic hydroxyl groups is 1. The number of carboxylic acid groups (broad SMARTS) is 1. The standard InChI is InChI=1S/C26H30N2O6/c1-26(15-29,24(31)32)28-23(30)16-7-6-8-17(13-16)27-25(33)34-14-22-20-11-4-2-9-18(20)19-10-3-5-12-21(19)22/h2-5,9-12,16-17,22,29H,6-8,13-15H2,1H3,(H,27,33)(H,28,30)(H,31,32)/t16-,17-,26?/m1/s1. The molecule has 2 aromatic carbocycles. The first-order valence-corrected chi connectivity index (χ1v) is 11.6. The van der Waals surface area contributed by atoms with E-state index in [0.29, 0.717) is 19.3 Å². The Balaban J connectivity index is 1.33. The Hall–Kier alpha value is -3.39. The Kier molecular flexibility index (Phi) is 6.88. The van der Waals surface area contributed by atoms with Crippen molar-refractivity contribution in [3.63, 3.8) is 0 Å². The Morgan fingerprint density at radius 1 is 1.03 bits per heavy atom. The van der Waals surface area contributed by atoms with Crippen LogP contribution >= 0.6 is 0 Å². The average molecular weight is 467 g/mol. The fourth-order valence-corrected chi connectivity index (χ4v) is 4.90. The van der Waals surface area contributed by atoms with Crippen LogP contribution in [0.1, 0.15) is 49.7 Å². The van der Waals surface area contributed by atoms with Gasteiger partial charge in [-0.15, -0.1) is 0 Å². The summed E-state index contributed by atoms with van der Waals surface area (Å²) in [6.07, 6.45) is 1.88. The van der Waals surface area contributed by atoms with Gasteiger partial charge >= 0.3 is 12.1 Å². The lowest BCUT2D eigenvalue weighted by Crippen LogP contribution is -2.57. The van der Waals surface area contributed by atoms with E-state index in [9.17, 15) is 24.6 Å². The summed E-state index contributed by atoms with van der Waals surface area (Å²) in [6.45, 7) is 0.772. The Labute approximate surface area is 198 Å². The van der Waals surface area contributed by atoms with Gasteiger partial charge in [0, 0.05) is 17.9 Å². The van der Waals surface area contributed by atoms with Crippen molar-refractivity contribution in [3.8, 4) is 11.1 Å². The number of hydrogen-bond donors (Lipinski definition) is 4. The maximum Gasteiger partial charge on any atom is 0.407 e. The molecule has 1 saturated carbocycles. The number of aliphatic carboxylic acids is 1. The number of rotatable bonds is 7. The molecule has 34 heavy (non-hydrogen) atoms. The molecule has 0 aliphatic heterocycles. The third-order valence-corrected chi connectivity index (χ3v) is 6.90. The van der Waals surface area contributed by atoms with E-state index in [2.05, 4.69) is 34.9 Å². The van der Waals surface area contributed by atoms with Crippen LogP contribution in [0, 0.1) is 5.92 Å². The zero-order valence-corrected chi connectivity index (χ0v) is 19.1. The van der Waals surface area contributed by atoms with Crippen LogP contribution in [0.15, 0.2) is 48.5 Å². The molecule has 1 unspecified atom stereocenters. The van der Waals surface area contributed by atoms with Crippen molar-refractivity contribution >= 4 is 18.0 Å². The van der Waals surface area contributed by atoms with Gasteiger partial charge in [0.15, 0.2) is 5.54 Å². The molecule has 1 fully saturated rings. The molecular formula is C26H30N2O6.